The van der Waals surface area contributed by atoms with Crippen molar-refractivity contribution in [2.45, 2.75) is 38.3 Å². The predicted molar refractivity (Wildman–Crippen MR) is 179 cm³/mol. The molecular weight excluding hydrogens is 777 g/mol. The molecule has 0 amide bonds. The molecule has 0 saturated heterocycles. The van der Waals surface area contributed by atoms with E-state index in [4.69, 9.17) is 0 Å². The minimum Gasteiger partial charge on any atom is -0.358 e. The average Bonchev–Trinajstić information content (AvgIpc) is 3.63. The standard InChI is InChI=1S/C36H28F6Si.2CH3.Hf/c1-3-43(4-2,29-19-25-7-5-9-31(33(25)21-29)23-11-15-27(16-12-23)35(37,38)39)30-20-26-8-6-10-32(34(26)22-30)24-13-17-28(18-14-24)36(40,41)42;;;/h5-22H,3-4H2,1-2H3;2*1H3;/q-2;2*-1;+4. The summed E-state index contributed by atoms with van der Waals surface area (Å²) in [5, 5.41) is 6.65. The molecule has 236 valence electrons. The smallest absolute Gasteiger partial charge is 0.358 e. The van der Waals surface area contributed by atoms with Crippen molar-refractivity contribution in [2.24, 2.45) is 0 Å². The van der Waals surface area contributed by atoms with Gasteiger partial charge in [0.05, 0.1) is 19.2 Å². The van der Waals surface area contributed by atoms with E-state index in [0.29, 0.717) is 0 Å². The zero-order valence-corrected chi connectivity index (χ0v) is 30.7. The molecule has 0 N–H and O–H groups in total. The van der Waals surface area contributed by atoms with Crippen molar-refractivity contribution < 1.29 is 52.2 Å². The number of rotatable bonds is 6. The van der Waals surface area contributed by atoms with E-state index in [2.05, 4.69) is 38.1 Å². The van der Waals surface area contributed by atoms with Gasteiger partial charge in [-0.3, -0.25) is 0 Å². The van der Waals surface area contributed by atoms with Gasteiger partial charge in [0.2, 0.25) is 0 Å². The van der Waals surface area contributed by atoms with Crippen LogP contribution in [0, 0.1) is 14.9 Å². The van der Waals surface area contributed by atoms with E-state index in [1.54, 1.807) is 0 Å². The van der Waals surface area contributed by atoms with Gasteiger partial charge in [0.1, 0.15) is 0 Å². The van der Waals surface area contributed by atoms with Crippen molar-refractivity contribution in [3.63, 3.8) is 0 Å². The quantitative estimate of drug-likeness (QED) is 0.0893. The summed E-state index contributed by atoms with van der Waals surface area (Å²) in [6.45, 7) is 4.41. The first-order chi connectivity index (χ1) is 20.4. The van der Waals surface area contributed by atoms with Gasteiger partial charge in [-0.15, -0.1) is 68.3 Å². The zero-order valence-electron chi connectivity index (χ0n) is 26.1. The van der Waals surface area contributed by atoms with Gasteiger partial charge in [-0.05, 0) is 35.4 Å². The van der Waals surface area contributed by atoms with Crippen LogP contribution in [0.5, 0.6) is 0 Å². The summed E-state index contributed by atoms with van der Waals surface area (Å²) < 4.78 is 79.0. The Kier molecular flexibility index (Phi) is 11.2. The molecular formula is C38H34F6HfSi. The van der Waals surface area contributed by atoms with E-state index in [1.165, 1.54) is 34.6 Å². The molecule has 46 heavy (non-hydrogen) atoms. The number of hydrogen-bond acceptors (Lipinski definition) is 0. The third-order valence-electron chi connectivity index (χ3n) is 8.86. The van der Waals surface area contributed by atoms with Crippen LogP contribution in [0.1, 0.15) is 25.0 Å². The second-order valence-corrected chi connectivity index (χ2v) is 15.8. The summed E-state index contributed by atoms with van der Waals surface area (Å²) in [4.78, 5) is 0. The van der Waals surface area contributed by atoms with Gasteiger partial charge in [0.15, 0.2) is 0 Å². The molecule has 0 saturated carbocycles. The van der Waals surface area contributed by atoms with Crippen LogP contribution in [0.2, 0.25) is 12.1 Å². The molecule has 0 atom stereocenters. The maximum atomic E-state index is 13.2. The molecule has 0 heterocycles. The molecule has 6 aromatic carbocycles. The molecule has 0 spiro atoms. The maximum Gasteiger partial charge on any atom is 4.00 e. The van der Waals surface area contributed by atoms with Gasteiger partial charge in [-0.1, -0.05) is 73.5 Å². The second-order valence-electron chi connectivity index (χ2n) is 11.0. The van der Waals surface area contributed by atoms with E-state index in [9.17, 15) is 26.3 Å². The molecule has 0 bridgehead atoms. The van der Waals surface area contributed by atoms with Crippen LogP contribution < -0.4 is 10.4 Å². The topological polar surface area (TPSA) is 0 Å². The Morgan fingerprint density at radius 3 is 1.20 bits per heavy atom. The molecule has 6 rings (SSSR count). The Labute approximate surface area is 286 Å². The van der Waals surface area contributed by atoms with Crippen molar-refractivity contribution in [3.05, 3.63) is 135 Å². The fourth-order valence-corrected chi connectivity index (χ4v) is 10.6. The molecule has 0 aromatic heterocycles. The van der Waals surface area contributed by atoms with E-state index >= 15 is 0 Å². The summed E-state index contributed by atoms with van der Waals surface area (Å²) in [5.74, 6) is 0. The van der Waals surface area contributed by atoms with Gasteiger partial charge in [-0.2, -0.15) is 38.5 Å². The number of fused-ring (bicyclic) bond motifs is 2. The number of halogens is 6. The van der Waals surface area contributed by atoms with Gasteiger partial charge < -0.3 is 14.9 Å². The number of alkyl halides is 6. The van der Waals surface area contributed by atoms with Crippen molar-refractivity contribution >= 4 is 40.0 Å². The van der Waals surface area contributed by atoms with Crippen molar-refractivity contribution in [3.8, 4) is 22.3 Å². The Morgan fingerprint density at radius 2 is 0.891 bits per heavy atom. The number of benzene rings is 4. The number of hydrogen-bond donors (Lipinski definition) is 0. The van der Waals surface area contributed by atoms with Gasteiger partial charge >= 0.3 is 38.2 Å². The van der Waals surface area contributed by atoms with Crippen LogP contribution in [0.15, 0.2) is 109 Å². The molecule has 0 unspecified atom stereocenters. The molecule has 0 aliphatic carbocycles. The summed E-state index contributed by atoms with van der Waals surface area (Å²) in [6.07, 6.45) is -8.78. The van der Waals surface area contributed by atoms with Crippen molar-refractivity contribution in [2.75, 3.05) is 0 Å². The SMILES string of the molecule is CC[Si](CC)(c1cc2c(-c3ccc(C(F)(F)F)cc3)cccc2[cH-]1)c1cc2c(-c3ccc(C(F)(F)F)cc3)cccc2[cH-]1.[CH3-].[CH3-].[Hf+4]. The fraction of sp³-hybridized carbons (Fsp3) is 0.158. The summed E-state index contributed by atoms with van der Waals surface area (Å²) in [6, 6.07) is 33.3. The Balaban J connectivity index is 0.00000192. The fourth-order valence-electron chi connectivity index (χ4n) is 6.44. The Bertz CT molecular complexity index is 1770. The first kappa shape index (κ1) is 37.2. The molecule has 0 aliphatic rings. The normalized spacial score (nSPS) is 12.0. The van der Waals surface area contributed by atoms with Crippen molar-refractivity contribution in [1.82, 2.24) is 0 Å². The molecule has 0 aliphatic heterocycles. The molecule has 0 radical (unpaired) electrons. The van der Waals surface area contributed by atoms with E-state index in [-0.39, 0.29) is 40.7 Å². The Hall–Kier alpha value is -3.23. The molecule has 6 aromatic rings. The minimum atomic E-state index is -4.39. The predicted octanol–water partition coefficient (Wildman–Crippen LogP) is 11.3. The third-order valence-corrected chi connectivity index (χ3v) is 14.1. The molecule has 0 fully saturated rings. The third kappa shape index (κ3) is 6.61. The first-order valence-electron chi connectivity index (χ1n) is 14.2. The minimum absolute atomic E-state index is 0. The summed E-state index contributed by atoms with van der Waals surface area (Å²) >= 11 is 0. The summed E-state index contributed by atoms with van der Waals surface area (Å²) in [5.41, 5.74) is 1.91. The van der Waals surface area contributed by atoms with Crippen molar-refractivity contribution in [1.29, 1.82) is 0 Å². The van der Waals surface area contributed by atoms with Crippen LogP contribution >= 0.6 is 0 Å². The largest absolute Gasteiger partial charge is 4.00 e. The summed E-state index contributed by atoms with van der Waals surface area (Å²) in [7, 11) is -2.27. The van der Waals surface area contributed by atoms with Crippen LogP contribution in [0.4, 0.5) is 26.3 Å². The van der Waals surface area contributed by atoms with Crippen LogP contribution in [-0.2, 0) is 38.2 Å². The van der Waals surface area contributed by atoms with Crippen LogP contribution in [-0.4, -0.2) is 8.07 Å². The monoisotopic (exact) mass is 812 g/mol. The maximum absolute atomic E-state index is 13.2. The van der Waals surface area contributed by atoms with E-state index in [1.807, 2.05) is 36.4 Å². The Morgan fingerprint density at radius 1 is 0.543 bits per heavy atom. The van der Waals surface area contributed by atoms with Crippen LogP contribution in [0.3, 0.4) is 0 Å². The molecule has 0 nitrogen and oxygen atoms in total. The van der Waals surface area contributed by atoms with Gasteiger partial charge in [0.25, 0.3) is 0 Å². The average molecular weight is 811 g/mol. The van der Waals surface area contributed by atoms with Gasteiger partial charge in [0, 0.05) is 0 Å². The first-order valence-corrected chi connectivity index (χ1v) is 16.6. The van der Waals surface area contributed by atoms with E-state index < -0.39 is 31.6 Å². The van der Waals surface area contributed by atoms with Gasteiger partial charge in [-0.25, -0.2) is 0 Å². The second kappa shape index (κ2) is 13.9. The molecule has 8 heteroatoms. The zero-order chi connectivity index (χ0) is 30.6. The van der Waals surface area contributed by atoms with E-state index in [0.717, 1.165) is 80.2 Å². The van der Waals surface area contributed by atoms with Crippen LogP contribution in [0.25, 0.3) is 43.8 Å².